The number of nitrogen functional groups attached to an aromatic ring is 1. The SMILES string of the molecule is Nc1ccn([C@@H]2O[C@](CCl)(COP(=O)(O)OP(=O)(O)OP(=O)(O)O)[C@@H](N=O)[C@H]2O)c(=O)n1. The fourth-order valence-electron chi connectivity index (χ4n) is 2.61. The van der Waals surface area contributed by atoms with E-state index in [-0.39, 0.29) is 5.82 Å². The lowest BCUT2D eigenvalue weighted by atomic mass is 9.96. The number of nitrogens with two attached hydrogens (primary N) is 1. The molecule has 1 aromatic rings. The quantitative estimate of drug-likeness (QED) is 0.119. The molecule has 1 aliphatic rings. The van der Waals surface area contributed by atoms with Gasteiger partial charge in [0.2, 0.25) is 0 Å². The predicted molar refractivity (Wildman–Crippen MR) is 102 cm³/mol. The van der Waals surface area contributed by atoms with Gasteiger partial charge in [0.1, 0.15) is 17.5 Å². The standard InChI is InChI=1S/C10H16ClN4O14P3/c11-3-10(4-26-31(22,23)29-32(24,25)28-30(19,20)21)7(14-18)6(16)8(27-10)15-2-1-5(12)13-9(15)17/h1-2,6-8,16H,3-4H2,(H,22,23)(H,24,25)(H2,12,13,17)(H2,19,20,21)/t6-,7+,8-,10-/m1/s1. The molecule has 32 heavy (non-hydrogen) atoms. The van der Waals surface area contributed by atoms with E-state index in [1.165, 1.54) is 0 Å². The van der Waals surface area contributed by atoms with E-state index in [0.29, 0.717) is 0 Å². The minimum atomic E-state index is -5.81. The van der Waals surface area contributed by atoms with Crippen LogP contribution >= 0.6 is 35.1 Å². The Balaban J connectivity index is 2.26. The van der Waals surface area contributed by atoms with Crippen LogP contribution in [-0.2, 0) is 31.6 Å². The van der Waals surface area contributed by atoms with Gasteiger partial charge in [0, 0.05) is 6.20 Å². The van der Waals surface area contributed by atoms with Crippen molar-refractivity contribution in [1.82, 2.24) is 9.55 Å². The summed E-state index contributed by atoms with van der Waals surface area (Å²) in [5.41, 5.74) is 2.18. The zero-order valence-electron chi connectivity index (χ0n) is 15.3. The molecule has 7 N–H and O–H groups in total. The highest BCUT2D eigenvalue weighted by Crippen LogP contribution is 2.66. The van der Waals surface area contributed by atoms with Gasteiger partial charge in [-0.15, -0.1) is 11.6 Å². The van der Waals surface area contributed by atoms with Gasteiger partial charge in [0.05, 0.1) is 12.5 Å². The lowest BCUT2D eigenvalue weighted by Gasteiger charge is -2.29. The summed E-state index contributed by atoms with van der Waals surface area (Å²) in [6.45, 7) is -1.19. The van der Waals surface area contributed by atoms with Crippen molar-refractivity contribution in [3.63, 3.8) is 0 Å². The number of aromatic nitrogens is 2. The van der Waals surface area contributed by atoms with Crippen molar-refractivity contribution >= 4 is 40.9 Å². The first-order valence-corrected chi connectivity index (χ1v) is 13.0. The number of alkyl halides is 1. The summed E-state index contributed by atoms with van der Waals surface area (Å²) in [5.74, 6) is -0.899. The van der Waals surface area contributed by atoms with Gasteiger partial charge in [-0.25, -0.2) is 18.5 Å². The summed E-state index contributed by atoms with van der Waals surface area (Å²) in [7, 11) is -17.0. The number of aliphatic hydroxyl groups excluding tert-OH is 1. The molecule has 0 saturated carbocycles. The molecule has 182 valence electrons. The summed E-state index contributed by atoms with van der Waals surface area (Å²) >= 11 is 5.79. The molecular formula is C10H16ClN4O14P3. The minimum absolute atomic E-state index is 0.167. The maximum atomic E-state index is 12.0. The normalized spacial score (nSPS) is 29.9. The number of hydrogen-bond acceptors (Lipinski definition) is 13. The summed E-state index contributed by atoms with van der Waals surface area (Å²) in [6, 6.07) is -0.644. The molecule has 0 spiro atoms. The zero-order chi connectivity index (χ0) is 24.5. The van der Waals surface area contributed by atoms with Gasteiger partial charge in [-0.05, 0) is 6.07 Å². The van der Waals surface area contributed by atoms with Gasteiger partial charge in [-0.2, -0.15) is 18.5 Å². The van der Waals surface area contributed by atoms with Crippen LogP contribution < -0.4 is 11.4 Å². The van der Waals surface area contributed by atoms with Crippen LogP contribution in [0.25, 0.3) is 0 Å². The lowest BCUT2D eigenvalue weighted by molar-refractivity contribution is -0.0994. The van der Waals surface area contributed by atoms with Crippen molar-refractivity contribution in [2.75, 3.05) is 18.2 Å². The number of rotatable bonds is 10. The summed E-state index contributed by atoms with van der Waals surface area (Å²) < 4.78 is 51.7. The maximum absolute atomic E-state index is 12.0. The largest absolute Gasteiger partial charge is 0.490 e. The van der Waals surface area contributed by atoms with Crippen LogP contribution in [-0.4, -0.2) is 64.5 Å². The molecule has 18 nitrogen and oxygen atoms in total. The number of phosphoric acid groups is 3. The highest BCUT2D eigenvalue weighted by atomic mass is 35.5. The van der Waals surface area contributed by atoms with E-state index in [9.17, 15) is 33.4 Å². The van der Waals surface area contributed by atoms with Crippen molar-refractivity contribution in [2.45, 2.75) is 24.0 Å². The van der Waals surface area contributed by atoms with Gasteiger partial charge in [-0.1, -0.05) is 5.18 Å². The Morgan fingerprint density at radius 2 is 1.88 bits per heavy atom. The Bertz CT molecular complexity index is 1060. The average Bonchev–Trinajstić information content (AvgIpc) is 2.89. The second kappa shape index (κ2) is 9.64. The van der Waals surface area contributed by atoms with Crippen molar-refractivity contribution in [1.29, 1.82) is 0 Å². The average molecular weight is 545 g/mol. The molecule has 22 heteroatoms. The second-order valence-corrected chi connectivity index (χ2v) is 10.8. The number of phosphoric ester groups is 1. The van der Waals surface area contributed by atoms with E-state index in [4.69, 9.17) is 36.8 Å². The van der Waals surface area contributed by atoms with E-state index in [2.05, 4.69) is 23.3 Å². The van der Waals surface area contributed by atoms with Gasteiger partial charge < -0.3 is 35.2 Å². The Morgan fingerprint density at radius 1 is 1.25 bits per heavy atom. The predicted octanol–water partition coefficient (Wildman–Crippen LogP) is -0.829. The molecule has 0 amide bonds. The van der Waals surface area contributed by atoms with E-state index >= 15 is 0 Å². The van der Waals surface area contributed by atoms with E-state index in [1.54, 1.807) is 0 Å². The third-order valence-corrected chi connectivity index (χ3v) is 8.10. The number of hydrogen-bond donors (Lipinski definition) is 6. The molecule has 2 rings (SSSR count). The van der Waals surface area contributed by atoms with Crippen LogP contribution in [0.1, 0.15) is 6.23 Å². The van der Waals surface area contributed by atoms with Gasteiger partial charge in [0.15, 0.2) is 12.3 Å². The summed E-state index contributed by atoms with van der Waals surface area (Å²) in [5, 5.41) is 13.0. The molecule has 1 aromatic heterocycles. The number of nitroso groups, excluding NO2 is 1. The Morgan fingerprint density at radius 3 is 2.38 bits per heavy atom. The molecule has 1 saturated heterocycles. The monoisotopic (exact) mass is 544 g/mol. The van der Waals surface area contributed by atoms with Crippen molar-refractivity contribution < 1.29 is 56.3 Å². The van der Waals surface area contributed by atoms with E-state index in [1.807, 2.05) is 0 Å². The van der Waals surface area contributed by atoms with Crippen LogP contribution in [0, 0.1) is 4.91 Å². The molecular weight excluding hydrogens is 528 g/mol. The molecule has 2 unspecified atom stereocenters. The van der Waals surface area contributed by atoms with Crippen molar-refractivity contribution in [2.24, 2.45) is 5.18 Å². The highest BCUT2D eigenvalue weighted by molar-refractivity contribution is 7.66. The van der Waals surface area contributed by atoms with Crippen LogP contribution in [0.15, 0.2) is 22.2 Å². The van der Waals surface area contributed by atoms with Gasteiger partial charge in [-0.3, -0.25) is 9.09 Å². The Labute approximate surface area is 182 Å². The number of halogens is 1. The molecule has 1 aliphatic heterocycles. The first-order valence-electron chi connectivity index (χ1n) is 7.92. The molecule has 6 atom stereocenters. The molecule has 0 radical (unpaired) electrons. The van der Waals surface area contributed by atoms with Crippen LogP contribution in [0.2, 0.25) is 0 Å². The van der Waals surface area contributed by atoms with Crippen molar-refractivity contribution in [3.05, 3.63) is 27.7 Å². The fourth-order valence-corrected chi connectivity index (χ4v) is 5.98. The topological polar surface area (TPSA) is 280 Å². The van der Waals surface area contributed by atoms with E-state index < -0.39 is 65.6 Å². The van der Waals surface area contributed by atoms with Crippen LogP contribution in [0.3, 0.4) is 0 Å². The number of anilines is 1. The fraction of sp³-hybridized carbons (Fsp3) is 0.600. The molecule has 2 heterocycles. The minimum Gasteiger partial charge on any atom is -0.386 e. The van der Waals surface area contributed by atoms with Crippen LogP contribution in [0.4, 0.5) is 5.82 Å². The molecule has 0 aliphatic carbocycles. The van der Waals surface area contributed by atoms with Gasteiger partial charge >= 0.3 is 29.2 Å². The maximum Gasteiger partial charge on any atom is 0.490 e. The number of nitrogens with zero attached hydrogens (tertiary/aromatic N) is 3. The summed E-state index contributed by atoms with van der Waals surface area (Å²) in [4.78, 5) is 62.6. The molecule has 0 aromatic carbocycles. The first kappa shape index (κ1) is 27.1. The van der Waals surface area contributed by atoms with Crippen LogP contribution in [0.5, 0.6) is 0 Å². The lowest BCUT2D eigenvalue weighted by Crippen LogP contribution is -2.47. The Hall–Kier alpha value is -1.10. The smallest absolute Gasteiger partial charge is 0.386 e. The van der Waals surface area contributed by atoms with Gasteiger partial charge in [0.25, 0.3) is 0 Å². The van der Waals surface area contributed by atoms with Crippen molar-refractivity contribution in [3.8, 4) is 0 Å². The number of ether oxygens (including phenoxy) is 1. The zero-order valence-corrected chi connectivity index (χ0v) is 18.8. The highest BCUT2D eigenvalue weighted by Gasteiger charge is 2.58. The Kier molecular flexibility index (Phi) is 8.18. The van der Waals surface area contributed by atoms with E-state index in [0.717, 1.165) is 16.8 Å². The third-order valence-electron chi connectivity index (χ3n) is 3.86. The molecule has 0 bridgehead atoms. The first-order chi connectivity index (χ1) is 14.5. The molecule has 1 fully saturated rings. The third kappa shape index (κ3) is 6.48. The summed E-state index contributed by atoms with van der Waals surface area (Å²) in [6.07, 6.45) is -2.42. The number of aliphatic hydroxyl groups is 1. The second-order valence-electron chi connectivity index (χ2n) is 6.15.